The monoisotopic (exact) mass is 171 g/mol. The van der Waals surface area contributed by atoms with E-state index < -0.39 is 0 Å². The molecule has 11 heavy (non-hydrogen) atoms. The topological polar surface area (TPSA) is 12.0 Å². The van der Waals surface area contributed by atoms with Crippen LogP contribution >= 0.6 is 11.6 Å². The highest BCUT2D eigenvalue weighted by atomic mass is 35.5. The Morgan fingerprint density at radius 2 is 1.91 bits per heavy atom. The van der Waals surface area contributed by atoms with Crippen LogP contribution in [0.25, 0.3) is 0 Å². The standard InChI is InChI=1S/C9H14ClN/c1-8(9(2)11-3)6-4-5-7-10/h4-7,11H,1-3H3/b6-4-,7-5+,9-8+. The van der Waals surface area contributed by atoms with E-state index in [-0.39, 0.29) is 0 Å². The summed E-state index contributed by atoms with van der Waals surface area (Å²) in [5.74, 6) is 0. The molecule has 0 amide bonds. The van der Waals surface area contributed by atoms with Crippen LogP contribution in [-0.4, -0.2) is 7.05 Å². The van der Waals surface area contributed by atoms with Crippen LogP contribution in [0.1, 0.15) is 13.8 Å². The van der Waals surface area contributed by atoms with E-state index in [1.165, 1.54) is 16.8 Å². The lowest BCUT2D eigenvalue weighted by atomic mass is 10.2. The van der Waals surface area contributed by atoms with Crippen LogP contribution in [0, 0.1) is 0 Å². The van der Waals surface area contributed by atoms with Gasteiger partial charge in [0.15, 0.2) is 0 Å². The lowest BCUT2D eigenvalue weighted by molar-refractivity contribution is 0.969. The number of allylic oxidation sites excluding steroid dienone is 5. The molecule has 0 aliphatic heterocycles. The average Bonchev–Trinajstić information content (AvgIpc) is 2.03. The quantitative estimate of drug-likeness (QED) is 0.644. The van der Waals surface area contributed by atoms with Gasteiger partial charge in [0, 0.05) is 18.3 Å². The van der Waals surface area contributed by atoms with E-state index >= 15 is 0 Å². The zero-order valence-electron chi connectivity index (χ0n) is 7.19. The number of halogens is 1. The summed E-state index contributed by atoms with van der Waals surface area (Å²) in [7, 11) is 1.91. The Balaban J connectivity index is 4.14. The van der Waals surface area contributed by atoms with Crippen molar-refractivity contribution in [3.8, 4) is 0 Å². The van der Waals surface area contributed by atoms with Crippen LogP contribution in [0.3, 0.4) is 0 Å². The molecule has 0 bridgehead atoms. The molecular formula is C9H14ClN. The summed E-state index contributed by atoms with van der Waals surface area (Å²) in [5, 5.41) is 3.06. The number of nitrogens with one attached hydrogen (secondary N) is 1. The summed E-state index contributed by atoms with van der Waals surface area (Å²) in [5.41, 5.74) is 3.87. The van der Waals surface area contributed by atoms with Crippen molar-refractivity contribution in [2.75, 3.05) is 7.05 Å². The van der Waals surface area contributed by atoms with Crippen LogP contribution in [0.2, 0.25) is 0 Å². The van der Waals surface area contributed by atoms with E-state index in [2.05, 4.69) is 5.32 Å². The largest absolute Gasteiger partial charge is 0.391 e. The molecule has 0 aliphatic carbocycles. The molecule has 0 heterocycles. The van der Waals surface area contributed by atoms with Gasteiger partial charge in [0.1, 0.15) is 0 Å². The minimum Gasteiger partial charge on any atom is -0.391 e. The van der Waals surface area contributed by atoms with Crippen LogP contribution < -0.4 is 5.32 Å². The van der Waals surface area contributed by atoms with Crippen LogP contribution in [0.5, 0.6) is 0 Å². The third-order valence-corrected chi connectivity index (χ3v) is 1.64. The Hall–Kier alpha value is -0.690. The molecule has 1 nitrogen and oxygen atoms in total. The second-order valence-electron chi connectivity index (χ2n) is 2.24. The zero-order chi connectivity index (χ0) is 8.69. The van der Waals surface area contributed by atoms with Gasteiger partial charge in [0.05, 0.1) is 0 Å². The predicted molar refractivity (Wildman–Crippen MR) is 51.6 cm³/mol. The van der Waals surface area contributed by atoms with E-state index in [0.29, 0.717) is 0 Å². The normalized spacial score (nSPS) is 14.2. The fourth-order valence-corrected chi connectivity index (χ4v) is 0.648. The van der Waals surface area contributed by atoms with Crippen LogP contribution in [0.15, 0.2) is 35.0 Å². The molecule has 0 atom stereocenters. The van der Waals surface area contributed by atoms with Gasteiger partial charge in [0.2, 0.25) is 0 Å². The second-order valence-corrected chi connectivity index (χ2v) is 2.49. The first kappa shape index (κ1) is 10.3. The van der Waals surface area contributed by atoms with Crippen molar-refractivity contribution in [1.29, 1.82) is 0 Å². The van der Waals surface area contributed by atoms with Crippen molar-refractivity contribution in [2.45, 2.75) is 13.8 Å². The number of hydrogen-bond donors (Lipinski definition) is 1. The van der Waals surface area contributed by atoms with Gasteiger partial charge in [-0.15, -0.1) is 0 Å². The molecule has 0 spiro atoms. The molecular weight excluding hydrogens is 158 g/mol. The van der Waals surface area contributed by atoms with E-state index in [0.717, 1.165) is 0 Å². The van der Waals surface area contributed by atoms with Crippen molar-refractivity contribution < 1.29 is 0 Å². The molecule has 0 saturated heterocycles. The molecule has 0 unspecified atom stereocenters. The van der Waals surface area contributed by atoms with Crippen molar-refractivity contribution in [3.05, 3.63) is 35.0 Å². The summed E-state index contributed by atoms with van der Waals surface area (Å²) in [4.78, 5) is 0. The number of rotatable bonds is 3. The maximum Gasteiger partial charge on any atom is 0.0102 e. The second kappa shape index (κ2) is 6.05. The molecule has 0 aromatic carbocycles. The molecule has 0 aromatic heterocycles. The fourth-order valence-electron chi connectivity index (χ4n) is 0.564. The molecule has 0 saturated carbocycles. The predicted octanol–water partition coefficient (Wildman–Crippen LogP) is 2.81. The Labute approximate surface area is 73.4 Å². The van der Waals surface area contributed by atoms with Crippen molar-refractivity contribution in [3.63, 3.8) is 0 Å². The maximum absolute atomic E-state index is 5.33. The van der Waals surface area contributed by atoms with Crippen molar-refractivity contribution in [2.24, 2.45) is 0 Å². The van der Waals surface area contributed by atoms with Gasteiger partial charge in [-0.25, -0.2) is 0 Å². The Bertz CT molecular complexity index is 190. The lowest BCUT2D eigenvalue weighted by Gasteiger charge is -2.00. The van der Waals surface area contributed by atoms with Gasteiger partial charge in [-0.05, 0) is 19.4 Å². The summed E-state index contributed by atoms with van der Waals surface area (Å²) >= 11 is 5.33. The molecule has 0 aliphatic rings. The summed E-state index contributed by atoms with van der Waals surface area (Å²) < 4.78 is 0. The third kappa shape index (κ3) is 4.68. The molecule has 2 heteroatoms. The van der Waals surface area contributed by atoms with Gasteiger partial charge < -0.3 is 5.32 Å². The van der Waals surface area contributed by atoms with Gasteiger partial charge in [-0.2, -0.15) is 0 Å². The highest BCUT2D eigenvalue weighted by Crippen LogP contribution is 2.00. The average molecular weight is 172 g/mol. The van der Waals surface area contributed by atoms with E-state index in [1.54, 1.807) is 6.08 Å². The summed E-state index contributed by atoms with van der Waals surface area (Å²) in [6, 6.07) is 0. The first-order valence-corrected chi connectivity index (χ1v) is 3.94. The minimum absolute atomic E-state index is 1.17. The molecule has 1 N–H and O–H groups in total. The molecule has 0 rings (SSSR count). The maximum atomic E-state index is 5.33. The van der Waals surface area contributed by atoms with Crippen molar-refractivity contribution >= 4 is 11.6 Å². The summed E-state index contributed by atoms with van der Waals surface area (Å²) in [6.07, 6.45) is 5.70. The number of hydrogen-bond acceptors (Lipinski definition) is 1. The molecule has 62 valence electrons. The smallest absolute Gasteiger partial charge is 0.0102 e. The highest BCUT2D eigenvalue weighted by Gasteiger charge is 1.86. The Morgan fingerprint density at radius 3 is 2.36 bits per heavy atom. The fraction of sp³-hybridized carbons (Fsp3) is 0.333. The lowest BCUT2D eigenvalue weighted by Crippen LogP contribution is -2.03. The molecule has 0 aromatic rings. The first-order chi connectivity index (χ1) is 5.22. The third-order valence-electron chi connectivity index (χ3n) is 1.50. The van der Waals surface area contributed by atoms with E-state index in [4.69, 9.17) is 11.6 Å². The van der Waals surface area contributed by atoms with Gasteiger partial charge >= 0.3 is 0 Å². The van der Waals surface area contributed by atoms with E-state index in [1.807, 2.05) is 33.0 Å². The van der Waals surface area contributed by atoms with Crippen molar-refractivity contribution in [1.82, 2.24) is 5.32 Å². The summed E-state index contributed by atoms with van der Waals surface area (Å²) in [6.45, 7) is 4.08. The Morgan fingerprint density at radius 1 is 1.27 bits per heavy atom. The van der Waals surface area contributed by atoms with Crippen LogP contribution in [-0.2, 0) is 0 Å². The molecule has 0 radical (unpaired) electrons. The minimum atomic E-state index is 1.17. The van der Waals surface area contributed by atoms with Gasteiger partial charge in [0.25, 0.3) is 0 Å². The highest BCUT2D eigenvalue weighted by molar-refractivity contribution is 6.25. The zero-order valence-corrected chi connectivity index (χ0v) is 7.94. The Kier molecular flexibility index (Phi) is 5.67. The SMILES string of the molecule is CN/C(C)=C(C)/C=C\C=C\Cl. The van der Waals surface area contributed by atoms with Crippen LogP contribution in [0.4, 0.5) is 0 Å². The van der Waals surface area contributed by atoms with E-state index in [9.17, 15) is 0 Å². The molecule has 0 fully saturated rings. The first-order valence-electron chi connectivity index (χ1n) is 3.51. The van der Waals surface area contributed by atoms with Gasteiger partial charge in [-0.3, -0.25) is 0 Å². The van der Waals surface area contributed by atoms with Gasteiger partial charge in [-0.1, -0.05) is 29.8 Å².